The minimum Gasteiger partial charge on any atom is -0.335 e. The third kappa shape index (κ3) is 3.12. The summed E-state index contributed by atoms with van der Waals surface area (Å²) in [5.74, 6) is 6.13. The Morgan fingerprint density at radius 1 is 1.53 bits per heavy atom. The minimum atomic E-state index is -0.362. The van der Waals surface area contributed by atoms with Crippen molar-refractivity contribution >= 4 is 11.6 Å². The van der Waals surface area contributed by atoms with Crippen molar-refractivity contribution in [3.63, 3.8) is 0 Å². The second kappa shape index (κ2) is 6.14. The number of hydrogen-bond donors (Lipinski definition) is 2. The first-order valence-corrected chi connectivity index (χ1v) is 6.44. The van der Waals surface area contributed by atoms with Gasteiger partial charge in [-0.1, -0.05) is 17.7 Å². The molecule has 0 aliphatic heterocycles. The second-order valence-electron chi connectivity index (χ2n) is 4.22. The number of rotatable bonds is 5. The molecule has 1 aromatic heterocycles. The molecular weight excluding hydrogens is 267 g/mol. The number of nitrogens with zero attached hydrogens (tertiary/aromatic N) is 2. The van der Waals surface area contributed by atoms with Gasteiger partial charge in [0.25, 0.3) is 0 Å². The molecule has 102 valence electrons. The zero-order valence-corrected chi connectivity index (χ0v) is 11.4. The van der Waals surface area contributed by atoms with Crippen LogP contribution in [-0.4, -0.2) is 9.55 Å². The molecule has 1 heterocycles. The van der Waals surface area contributed by atoms with Crippen molar-refractivity contribution in [2.45, 2.75) is 25.9 Å². The highest BCUT2D eigenvalue weighted by Gasteiger charge is 2.16. The summed E-state index contributed by atoms with van der Waals surface area (Å²) in [4.78, 5) is 4.30. The van der Waals surface area contributed by atoms with Gasteiger partial charge < -0.3 is 4.57 Å². The first-order valence-electron chi connectivity index (χ1n) is 6.06. The molecule has 0 aliphatic rings. The fourth-order valence-corrected chi connectivity index (χ4v) is 2.34. The highest BCUT2D eigenvalue weighted by molar-refractivity contribution is 6.31. The van der Waals surface area contributed by atoms with Crippen LogP contribution in [0.15, 0.2) is 30.6 Å². The molecule has 0 bridgehead atoms. The summed E-state index contributed by atoms with van der Waals surface area (Å²) in [5.41, 5.74) is 3.47. The van der Waals surface area contributed by atoms with E-state index in [1.807, 2.05) is 17.7 Å². The number of benzene rings is 1. The summed E-state index contributed by atoms with van der Waals surface area (Å²) in [5, 5.41) is 0.359. The molecule has 1 unspecified atom stereocenters. The Morgan fingerprint density at radius 3 is 2.95 bits per heavy atom. The summed E-state index contributed by atoms with van der Waals surface area (Å²) in [6.45, 7) is 2.88. The fourth-order valence-electron chi connectivity index (χ4n) is 2.04. The Labute approximate surface area is 116 Å². The van der Waals surface area contributed by atoms with E-state index >= 15 is 0 Å². The predicted octanol–water partition coefficient (Wildman–Crippen LogP) is 2.44. The number of hydrazine groups is 1. The average Bonchev–Trinajstić information content (AvgIpc) is 2.84. The van der Waals surface area contributed by atoms with Gasteiger partial charge in [-0.25, -0.2) is 9.37 Å². The van der Waals surface area contributed by atoms with E-state index in [9.17, 15) is 4.39 Å². The van der Waals surface area contributed by atoms with Gasteiger partial charge in [0.1, 0.15) is 11.6 Å². The molecule has 19 heavy (non-hydrogen) atoms. The van der Waals surface area contributed by atoms with Gasteiger partial charge in [0.15, 0.2) is 0 Å². The van der Waals surface area contributed by atoms with Crippen LogP contribution in [-0.2, 0) is 13.0 Å². The molecule has 0 radical (unpaired) electrons. The van der Waals surface area contributed by atoms with Crippen molar-refractivity contribution in [3.05, 3.63) is 52.8 Å². The Bertz CT molecular complexity index is 555. The second-order valence-corrected chi connectivity index (χ2v) is 4.63. The Hall–Kier alpha value is -1.43. The van der Waals surface area contributed by atoms with Crippen LogP contribution in [0.1, 0.15) is 24.4 Å². The van der Waals surface area contributed by atoms with Gasteiger partial charge in [0, 0.05) is 30.4 Å². The Morgan fingerprint density at radius 2 is 2.32 bits per heavy atom. The molecule has 3 N–H and O–H groups in total. The Kier molecular flexibility index (Phi) is 4.52. The first kappa shape index (κ1) is 14.0. The third-order valence-electron chi connectivity index (χ3n) is 3.07. The third-order valence-corrected chi connectivity index (χ3v) is 3.40. The van der Waals surface area contributed by atoms with Gasteiger partial charge in [-0.2, -0.15) is 0 Å². The van der Waals surface area contributed by atoms with Gasteiger partial charge in [0.2, 0.25) is 0 Å². The summed E-state index contributed by atoms with van der Waals surface area (Å²) >= 11 is 6.05. The molecule has 4 nitrogen and oxygen atoms in total. The Balaban J connectivity index is 2.25. The molecule has 6 heteroatoms. The van der Waals surface area contributed by atoms with Crippen LogP contribution in [0.25, 0.3) is 0 Å². The van der Waals surface area contributed by atoms with E-state index in [0.29, 0.717) is 11.4 Å². The number of nitrogens with one attached hydrogen (secondary N) is 1. The maximum Gasteiger partial charge on any atom is 0.124 e. The van der Waals surface area contributed by atoms with Crippen molar-refractivity contribution in [3.8, 4) is 0 Å². The molecule has 2 aromatic rings. The molecule has 0 amide bonds. The lowest BCUT2D eigenvalue weighted by atomic mass is 10.0. The molecule has 1 aromatic carbocycles. The van der Waals surface area contributed by atoms with Crippen molar-refractivity contribution < 1.29 is 4.39 Å². The van der Waals surface area contributed by atoms with E-state index in [1.165, 1.54) is 12.1 Å². The van der Waals surface area contributed by atoms with Crippen LogP contribution in [0.3, 0.4) is 0 Å². The van der Waals surface area contributed by atoms with Crippen LogP contribution in [0.2, 0.25) is 5.02 Å². The van der Waals surface area contributed by atoms with E-state index in [-0.39, 0.29) is 11.9 Å². The smallest absolute Gasteiger partial charge is 0.124 e. The summed E-state index contributed by atoms with van der Waals surface area (Å²) in [6.07, 6.45) is 4.25. The molecule has 0 saturated carbocycles. The lowest BCUT2D eigenvalue weighted by Crippen LogP contribution is -2.30. The van der Waals surface area contributed by atoms with Crippen LogP contribution < -0.4 is 11.3 Å². The van der Waals surface area contributed by atoms with Crippen LogP contribution in [0.5, 0.6) is 0 Å². The lowest BCUT2D eigenvalue weighted by Gasteiger charge is -2.18. The van der Waals surface area contributed by atoms with E-state index in [2.05, 4.69) is 10.4 Å². The van der Waals surface area contributed by atoms with Gasteiger partial charge in [0.05, 0.1) is 6.04 Å². The van der Waals surface area contributed by atoms with E-state index < -0.39 is 0 Å². The maximum absolute atomic E-state index is 13.1. The minimum absolute atomic E-state index is 0.208. The highest BCUT2D eigenvalue weighted by Crippen LogP contribution is 2.25. The number of aryl methyl sites for hydroxylation is 1. The molecule has 0 fully saturated rings. The number of aromatic nitrogens is 2. The monoisotopic (exact) mass is 282 g/mol. The van der Waals surface area contributed by atoms with Crippen molar-refractivity contribution in [1.82, 2.24) is 15.0 Å². The lowest BCUT2D eigenvalue weighted by molar-refractivity contribution is 0.522. The van der Waals surface area contributed by atoms with Crippen LogP contribution >= 0.6 is 11.6 Å². The number of halogens is 2. The van der Waals surface area contributed by atoms with Crippen molar-refractivity contribution in [2.75, 3.05) is 0 Å². The SMILES string of the molecule is CCn1ccnc1CC(NN)c1ccc(F)cc1Cl. The maximum atomic E-state index is 13.1. The number of nitrogens with two attached hydrogens (primary N) is 1. The summed E-state index contributed by atoms with van der Waals surface area (Å²) in [6, 6.07) is 4.09. The standard InChI is InChI=1S/C13H16ClFN4/c1-2-19-6-5-17-13(19)8-12(18-16)10-4-3-9(15)7-11(10)14/h3-7,12,18H,2,8,16H2,1H3. The van der Waals surface area contributed by atoms with Gasteiger partial charge in [-0.3, -0.25) is 11.3 Å². The molecule has 0 saturated heterocycles. The fraction of sp³-hybridized carbons (Fsp3) is 0.308. The summed E-state index contributed by atoms with van der Waals surface area (Å²) < 4.78 is 15.1. The van der Waals surface area contributed by atoms with E-state index in [1.54, 1.807) is 12.3 Å². The van der Waals surface area contributed by atoms with Crippen molar-refractivity contribution in [2.24, 2.45) is 5.84 Å². The molecule has 1 atom stereocenters. The molecular formula is C13H16ClFN4. The van der Waals surface area contributed by atoms with Crippen LogP contribution in [0, 0.1) is 5.82 Å². The topological polar surface area (TPSA) is 55.9 Å². The largest absolute Gasteiger partial charge is 0.335 e. The van der Waals surface area contributed by atoms with Gasteiger partial charge >= 0.3 is 0 Å². The van der Waals surface area contributed by atoms with Gasteiger partial charge in [-0.15, -0.1) is 0 Å². The summed E-state index contributed by atoms with van der Waals surface area (Å²) in [7, 11) is 0. The zero-order valence-electron chi connectivity index (χ0n) is 10.6. The molecule has 0 spiro atoms. The van der Waals surface area contributed by atoms with Crippen molar-refractivity contribution in [1.29, 1.82) is 0 Å². The van der Waals surface area contributed by atoms with E-state index in [4.69, 9.17) is 17.4 Å². The average molecular weight is 283 g/mol. The number of imidazole rings is 1. The molecule has 0 aliphatic carbocycles. The number of hydrogen-bond acceptors (Lipinski definition) is 3. The quantitative estimate of drug-likeness (QED) is 0.654. The predicted molar refractivity (Wildman–Crippen MR) is 73.1 cm³/mol. The van der Waals surface area contributed by atoms with Crippen LogP contribution in [0.4, 0.5) is 4.39 Å². The first-order chi connectivity index (χ1) is 9.15. The highest BCUT2D eigenvalue weighted by atomic mass is 35.5. The normalized spacial score (nSPS) is 12.6. The van der Waals surface area contributed by atoms with Gasteiger partial charge in [-0.05, 0) is 24.6 Å². The van der Waals surface area contributed by atoms with E-state index in [0.717, 1.165) is 17.9 Å². The molecule has 2 rings (SSSR count). The zero-order chi connectivity index (χ0) is 13.8.